The number of carbonyl (C=O) groups is 3. The molecule has 1 heterocycles. The highest BCUT2D eigenvalue weighted by molar-refractivity contribution is 6.34. The van der Waals surface area contributed by atoms with Crippen LogP contribution >= 0.6 is 11.6 Å². The van der Waals surface area contributed by atoms with Gasteiger partial charge in [-0.05, 0) is 37.1 Å². The van der Waals surface area contributed by atoms with Crippen molar-refractivity contribution in [3.63, 3.8) is 0 Å². The highest BCUT2D eigenvalue weighted by Gasteiger charge is 2.41. The first-order valence-corrected chi connectivity index (χ1v) is 11.5. The van der Waals surface area contributed by atoms with Gasteiger partial charge in [0.15, 0.2) is 0 Å². The monoisotopic (exact) mass is 471 g/mol. The largest absolute Gasteiger partial charge is 0.496 e. The Morgan fingerprint density at radius 2 is 1.94 bits per heavy atom. The molecule has 3 rings (SSSR count). The van der Waals surface area contributed by atoms with E-state index in [0.29, 0.717) is 41.5 Å². The molecule has 2 N–H and O–H groups in total. The average molecular weight is 472 g/mol. The van der Waals surface area contributed by atoms with E-state index in [1.165, 1.54) is 6.92 Å². The molecule has 0 saturated carbocycles. The summed E-state index contributed by atoms with van der Waals surface area (Å²) < 4.78 is 5.57. The van der Waals surface area contributed by atoms with Gasteiger partial charge < -0.3 is 20.3 Å². The zero-order valence-corrected chi connectivity index (χ0v) is 19.9. The second-order valence-electron chi connectivity index (χ2n) is 8.14. The fourth-order valence-electron chi connectivity index (χ4n) is 4.23. The molecular formula is C25H30ClN3O4. The molecule has 1 saturated heterocycles. The van der Waals surface area contributed by atoms with Crippen molar-refractivity contribution in [1.29, 1.82) is 0 Å². The molecule has 2 unspecified atom stereocenters. The molecular weight excluding hydrogens is 442 g/mol. The number of amides is 3. The van der Waals surface area contributed by atoms with Gasteiger partial charge in [-0.25, -0.2) is 0 Å². The fraction of sp³-hybridized carbons (Fsp3) is 0.400. The summed E-state index contributed by atoms with van der Waals surface area (Å²) >= 11 is 6.27. The lowest BCUT2D eigenvalue weighted by atomic mass is 9.83. The maximum absolute atomic E-state index is 13.4. The Balaban J connectivity index is 1.91. The van der Waals surface area contributed by atoms with Crippen molar-refractivity contribution in [1.82, 2.24) is 4.90 Å². The SMILES string of the molecule is CCCCN1C(=O)CCC(C(=O)Nc2ccc(NC(C)=O)c(Cl)c2)C1c1ccccc1OC. The highest BCUT2D eigenvalue weighted by atomic mass is 35.5. The number of para-hydroxylation sites is 1. The van der Waals surface area contributed by atoms with Crippen molar-refractivity contribution in [2.45, 2.75) is 45.6 Å². The van der Waals surface area contributed by atoms with E-state index in [1.807, 2.05) is 29.2 Å². The smallest absolute Gasteiger partial charge is 0.229 e. The molecule has 7 nitrogen and oxygen atoms in total. The Morgan fingerprint density at radius 3 is 2.61 bits per heavy atom. The minimum atomic E-state index is -0.454. The van der Waals surface area contributed by atoms with Gasteiger partial charge in [0.2, 0.25) is 17.7 Å². The molecule has 0 radical (unpaired) electrons. The van der Waals surface area contributed by atoms with Gasteiger partial charge in [-0.2, -0.15) is 0 Å². The van der Waals surface area contributed by atoms with Crippen LogP contribution in [0.5, 0.6) is 5.75 Å². The Hall–Kier alpha value is -3.06. The van der Waals surface area contributed by atoms with Crippen molar-refractivity contribution in [3.05, 3.63) is 53.1 Å². The third-order valence-corrected chi connectivity index (χ3v) is 6.11. The van der Waals surface area contributed by atoms with E-state index >= 15 is 0 Å². The van der Waals surface area contributed by atoms with Crippen molar-refractivity contribution in [3.8, 4) is 5.75 Å². The van der Waals surface area contributed by atoms with Crippen molar-refractivity contribution < 1.29 is 19.1 Å². The van der Waals surface area contributed by atoms with Crippen LogP contribution in [0.25, 0.3) is 0 Å². The zero-order valence-electron chi connectivity index (χ0n) is 19.2. The number of likely N-dealkylation sites (tertiary alicyclic amines) is 1. The van der Waals surface area contributed by atoms with E-state index in [1.54, 1.807) is 25.3 Å². The Kier molecular flexibility index (Phi) is 8.33. The normalized spacial score (nSPS) is 18.1. The van der Waals surface area contributed by atoms with Crippen LogP contribution in [0, 0.1) is 5.92 Å². The van der Waals surface area contributed by atoms with Gasteiger partial charge in [-0.15, -0.1) is 0 Å². The third-order valence-electron chi connectivity index (χ3n) is 5.80. The summed E-state index contributed by atoms with van der Waals surface area (Å²) in [5.41, 5.74) is 1.82. The molecule has 1 aliphatic heterocycles. The predicted octanol–water partition coefficient (Wildman–Crippen LogP) is 5.03. The molecule has 3 amide bonds. The summed E-state index contributed by atoms with van der Waals surface area (Å²) in [7, 11) is 1.59. The summed E-state index contributed by atoms with van der Waals surface area (Å²) in [6, 6.07) is 12.0. The summed E-state index contributed by atoms with van der Waals surface area (Å²) in [5, 5.41) is 5.92. The fourth-order valence-corrected chi connectivity index (χ4v) is 4.46. The number of unbranched alkanes of at least 4 members (excludes halogenated alkanes) is 1. The van der Waals surface area contributed by atoms with E-state index in [0.717, 1.165) is 18.4 Å². The minimum Gasteiger partial charge on any atom is -0.496 e. The summed E-state index contributed by atoms with van der Waals surface area (Å²) in [4.78, 5) is 39.5. The molecule has 0 bridgehead atoms. The van der Waals surface area contributed by atoms with E-state index in [9.17, 15) is 14.4 Å². The maximum Gasteiger partial charge on any atom is 0.229 e. The Bertz CT molecular complexity index is 1030. The number of carbonyl (C=O) groups excluding carboxylic acids is 3. The molecule has 8 heteroatoms. The Labute approximate surface area is 199 Å². The number of methoxy groups -OCH3 is 1. The molecule has 1 aliphatic rings. The molecule has 2 aromatic carbocycles. The number of hydrogen-bond donors (Lipinski definition) is 2. The van der Waals surface area contributed by atoms with Crippen LogP contribution in [0.4, 0.5) is 11.4 Å². The number of piperidine rings is 1. The van der Waals surface area contributed by atoms with E-state index < -0.39 is 12.0 Å². The zero-order chi connectivity index (χ0) is 24.0. The Morgan fingerprint density at radius 1 is 1.18 bits per heavy atom. The maximum atomic E-state index is 13.4. The van der Waals surface area contributed by atoms with Gasteiger partial charge in [-0.3, -0.25) is 14.4 Å². The third kappa shape index (κ3) is 5.85. The van der Waals surface area contributed by atoms with Crippen LogP contribution in [0.1, 0.15) is 51.1 Å². The number of rotatable bonds is 8. The van der Waals surface area contributed by atoms with Gasteiger partial charge in [-0.1, -0.05) is 43.1 Å². The average Bonchev–Trinajstić information content (AvgIpc) is 2.79. The molecule has 2 aromatic rings. The first kappa shape index (κ1) is 24.6. The highest BCUT2D eigenvalue weighted by Crippen LogP contribution is 2.41. The van der Waals surface area contributed by atoms with Crippen molar-refractivity contribution in [2.24, 2.45) is 5.92 Å². The van der Waals surface area contributed by atoms with Crippen LogP contribution in [0.2, 0.25) is 5.02 Å². The summed E-state index contributed by atoms with van der Waals surface area (Å²) in [5.74, 6) is -0.175. The number of ether oxygens (including phenoxy) is 1. The number of hydrogen-bond acceptors (Lipinski definition) is 4. The summed E-state index contributed by atoms with van der Waals surface area (Å²) in [6.45, 7) is 4.06. The summed E-state index contributed by atoms with van der Waals surface area (Å²) in [6.07, 6.45) is 2.55. The van der Waals surface area contributed by atoms with Crippen LogP contribution < -0.4 is 15.4 Å². The first-order valence-electron chi connectivity index (χ1n) is 11.2. The van der Waals surface area contributed by atoms with E-state index in [-0.39, 0.29) is 17.7 Å². The van der Waals surface area contributed by atoms with E-state index in [2.05, 4.69) is 17.6 Å². The molecule has 0 spiro atoms. The number of benzene rings is 2. The molecule has 33 heavy (non-hydrogen) atoms. The van der Waals surface area contributed by atoms with E-state index in [4.69, 9.17) is 16.3 Å². The van der Waals surface area contributed by atoms with Gasteiger partial charge in [0.1, 0.15) is 5.75 Å². The lowest BCUT2D eigenvalue weighted by molar-refractivity contribution is -0.142. The van der Waals surface area contributed by atoms with Crippen LogP contribution in [0.15, 0.2) is 42.5 Å². The molecule has 1 fully saturated rings. The quantitative estimate of drug-likeness (QED) is 0.565. The second-order valence-corrected chi connectivity index (χ2v) is 8.54. The van der Waals surface area contributed by atoms with Crippen LogP contribution in [-0.4, -0.2) is 36.3 Å². The number of halogens is 1. The number of nitrogens with one attached hydrogen (secondary N) is 2. The van der Waals surface area contributed by atoms with Crippen molar-refractivity contribution in [2.75, 3.05) is 24.3 Å². The van der Waals surface area contributed by atoms with Gasteiger partial charge in [0.05, 0.1) is 29.8 Å². The van der Waals surface area contributed by atoms with Gasteiger partial charge in [0.25, 0.3) is 0 Å². The first-order chi connectivity index (χ1) is 15.8. The molecule has 0 aromatic heterocycles. The topological polar surface area (TPSA) is 87.7 Å². The standard InChI is InChI=1S/C25H30ClN3O4/c1-4-5-14-29-23(31)13-11-19(24(29)18-8-6-7-9-22(18)33-3)25(32)28-17-10-12-21(20(26)15-17)27-16(2)30/h6-10,12,15,19,24H,4-5,11,13-14H2,1-3H3,(H,27,30)(H,28,32). The van der Waals surface area contributed by atoms with Crippen LogP contribution in [0.3, 0.4) is 0 Å². The predicted molar refractivity (Wildman–Crippen MR) is 129 cm³/mol. The van der Waals surface area contributed by atoms with Gasteiger partial charge in [0, 0.05) is 31.1 Å². The number of anilines is 2. The van der Waals surface area contributed by atoms with Crippen molar-refractivity contribution >= 4 is 40.7 Å². The minimum absolute atomic E-state index is 0.0473. The molecule has 0 aliphatic carbocycles. The lowest BCUT2D eigenvalue weighted by Gasteiger charge is -2.41. The number of nitrogens with zero attached hydrogens (tertiary/aromatic N) is 1. The lowest BCUT2D eigenvalue weighted by Crippen LogP contribution is -2.47. The second kappa shape index (κ2) is 11.2. The molecule has 2 atom stereocenters. The van der Waals surface area contributed by atoms with Gasteiger partial charge >= 0.3 is 0 Å². The molecule has 176 valence electrons. The van der Waals surface area contributed by atoms with Crippen LogP contribution in [-0.2, 0) is 14.4 Å².